The van der Waals surface area contributed by atoms with Crippen molar-refractivity contribution in [2.75, 3.05) is 20.2 Å². The molecule has 0 bridgehead atoms. The highest BCUT2D eigenvalue weighted by Gasteiger charge is 2.53. The van der Waals surface area contributed by atoms with Gasteiger partial charge in [-0.3, -0.25) is 14.5 Å². The van der Waals surface area contributed by atoms with E-state index in [0.717, 1.165) is 30.9 Å². The molecule has 4 rings (SSSR count). The molecule has 33 heavy (non-hydrogen) atoms. The van der Waals surface area contributed by atoms with Crippen LogP contribution in [0.4, 0.5) is 0 Å². The predicted octanol–water partition coefficient (Wildman–Crippen LogP) is 3.60. The zero-order valence-electron chi connectivity index (χ0n) is 19.9. The maximum Gasteiger partial charge on any atom is 0.246 e. The van der Waals surface area contributed by atoms with Crippen LogP contribution in [0.3, 0.4) is 0 Å². The van der Waals surface area contributed by atoms with Gasteiger partial charge in [0.25, 0.3) is 0 Å². The monoisotopic (exact) mass is 449 g/mol. The smallest absolute Gasteiger partial charge is 0.246 e. The van der Waals surface area contributed by atoms with E-state index in [1.807, 2.05) is 35.2 Å². The Kier molecular flexibility index (Phi) is 7.03. The predicted molar refractivity (Wildman–Crippen MR) is 129 cm³/mol. The summed E-state index contributed by atoms with van der Waals surface area (Å²) in [6, 6.07) is 17.7. The molecule has 0 saturated carbocycles. The Hall–Kier alpha value is -2.86. The molecule has 0 aromatic heterocycles. The lowest BCUT2D eigenvalue weighted by atomic mass is 9.80. The summed E-state index contributed by atoms with van der Waals surface area (Å²) in [7, 11) is 1.64. The first-order chi connectivity index (χ1) is 15.9. The molecule has 2 fully saturated rings. The van der Waals surface area contributed by atoms with Gasteiger partial charge in [-0.05, 0) is 48.4 Å². The first-order valence-electron chi connectivity index (χ1n) is 11.9. The number of nitrogens with one attached hydrogen (secondary N) is 1. The first-order valence-corrected chi connectivity index (χ1v) is 11.9. The lowest BCUT2D eigenvalue weighted by Gasteiger charge is -2.52. The normalized spacial score (nSPS) is 20.8. The molecule has 1 spiro atoms. The SMILES string of the molecule is COc1cccc(CN2C(=O)C(CC(C)C)NC(=O)C23CCN(Cc2ccccc2)CC3)c1. The zero-order valence-corrected chi connectivity index (χ0v) is 19.9. The number of nitrogens with zero attached hydrogens (tertiary/aromatic N) is 2. The number of likely N-dealkylation sites (tertiary alicyclic amines) is 1. The second kappa shape index (κ2) is 9.96. The molecule has 2 amide bonds. The lowest BCUT2D eigenvalue weighted by molar-refractivity contribution is -0.162. The van der Waals surface area contributed by atoms with Gasteiger partial charge in [0.2, 0.25) is 11.8 Å². The van der Waals surface area contributed by atoms with Crippen LogP contribution in [0.5, 0.6) is 5.75 Å². The van der Waals surface area contributed by atoms with Crippen molar-refractivity contribution < 1.29 is 14.3 Å². The van der Waals surface area contributed by atoms with Crippen LogP contribution in [0.1, 0.15) is 44.2 Å². The van der Waals surface area contributed by atoms with Crippen molar-refractivity contribution in [3.63, 3.8) is 0 Å². The zero-order chi connectivity index (χ0) is 23.4. The molecule has 1 N–H and O–H groups in total. The van der Waals surface area contributed by atoms with Crippen LogP contribution in [-0.2, 0) is 22.7 Å². The van der Waals surface area contributed by atoms with Crippen molar-refractivity contribution in [1.29, 1.82) is 0 Å². The Balaban J connectivity index is 1.57. The summed E-state index contributed by atoms with van der Waals surface area (Å²) in [4.78, 5) is 31.5. The third kappa shape index (κ3) is 5.06. The van der Waals surface area contributed by atoms with E-state index in [9.17, 15) is 9.59 Å². The minimum atomic E-state index is -0.805. The van der Waals surface area contributed by atoms with Gasteiger partial charge < -0.3 is 15.0 Å². The van der Waals surface area contributed by atoms with Crippen LogP contribution in [-0.4, -0.2) is 53.4 Å². The van der Waals surface area contributed by atoms with Gasteiger partial charge in [0.1, 0.15) is 17.3 Å². The molecular formula is C27H35N3O3. The number of carbonyl (C=O) groups is 2. The molecule has 2 aliphatic heterocycles. The number of amides is 2. The molecule has 6 nitrogen and oxygen atoms in total. The van der Waals surface area contributed by atoms with Gasteiger partial charge in [0.05, 0.1) is 7.11 Å². The highest BCUT2D eigenvalue weighted by Crippen LogP contribution is 2.36. The summed E-state index contributed by atoms with van der Waals surface area (Å²) in [6.07, 6.45) is 1.92. The van der Waals surface area contributed by atoms with Gasteiger partial charge in [-0.25, -0.2) is 0 Å². The highest BCUT2D eigenvalue weighted by molar-refractivity contribution is 6.00. The van der Waals surface area contributed by atoms with E-state index < -0.39 is 11.6 Å². The van der Waals surface area contributed by atoms with Crippen molar-refractivity contribution >= 4 is 11.8 Å². The molecule has 0 aliphatic carbocycles. The molecule has 6 heteroatoms. The Bertz CT molecular complexity index is 968. The number of carbonyl (C=O) groups excluding carboxylic acids is 2. The topological polar surface area (TPSA) is 61.9 Å². The first kappa shape index (κ1) is 23.3. The molecule has 2 aliphatic rings. The van der Waals surface area contributed by atoms with Crippen molar-refractivity contribution in [2.24, 2.45) is 5.92 Å². The number of piperidine rings is 1. The van der Waals surface area contributed by atoms with Gasteiger partial charge in [-0.2, -0.15) is 0 Å². The quantitative estimate of drug-likeness (QED) is 0.702. The maximum absolute atomic E-state index is 13.7. The van der Waals surface area contributed by atoms with Gasteiger partial charge in [0.15, 0.2) is 0 Å². The largest absolute Gasteiger partial charge is 0.497 e. The third-order valence-corrected chi connectivity index (χ3v) is 6.92. The third-order valence-electron chi connectivity index (χ3n) is 6.92. The maximum atomic E-state index is 13.7. The summed E-state index contributed by atoms with van der Waals surface area (Å²) in [5, 5.41) is 3.09. The molecule has 176 valence electrons. The standard InChI is InChI=1S/C27H35N3O3/c1-20(2)16-24-25(31)30(19-22-10-7-11-23(17-22)33-3)27(26(32)28-24)12-14-29(15-13-27)18-21-8-5-4-6-9-21/h4-11,17,20,24H,12-16,18-19H2,1-3H3,(H,28,32). The van der Waals surface area contributed by atoms with Crippen LogP contribution >= 0.6 is 0 Å². The molecule has 2 aromatic rings. The van der Waals surface area contributed by atoms with Crippen LogP contribution < -0.4 is 10.1 Å². The van der Waals surface area contributed by atoms with E-state index in [1.165, 1.54) is 5.56 Å². The van der Waals surface area contributed by atoms with Gasteiger partial charge in [-0.15, -0.1) is 0 Å². The van der Waals surface area contributed by atoms with E-state index >= 15 is 0 Å². The van der Waals surface area contributed by atoms with E-state index in [-0.39, 0.29) is 11.8 Å². The van der Waals surface area contributed by atoms with E-state index in [2.05, 4.69) is 48.3 Å². The minimum Gasteiger partial charge on any atom is -0.497 e. The van der Waals surface area contributed by atoms with E-state index in [4.69, 9.17) is 4.74 Å². The average Bonchev–Trinajstić information content (AvgIpc) is 2.82. The number of hydrogen-bond donors (Lipinski definition) is 1. The molecule has 0 radical (unpaired) electrons. The molecule has 2 aromatic carbocycles. The number of benzene rings is 2. The fourth-order valence-corrected chi connectivity index (χ4v) is 5.11. The lowest BCUT2D eigenvalue weighted by Crippen LogP contribution is -2.72. The summed E-state index contributed by atoms with van der Waals surface area (Å²) < 4.78 is 5.38. The highest BCUT2D eigenvalue weighted by atomic mass is 16.5. The van der Waals surface area contributed by atoms with Crippen LogP contribution in [0.25, 0.3) is 0 Å². The number of hydrogen-bond acceptors (Lipinski definition) is 4. The fourth-order valence-electron chi connectivity index (χ4n) is 5.11. The molecule has 1 unspecified atom stereocenters. The average molecular weight is 450 g/mol. The van der Waals surface area contributed by atoms with Gasteiger partial charge in [0, 0.05) is 26.2 Å². The van der Waals surface area contributed by atoms with Gasteiger partial charge >= 0.3 is 0 Å². The Labute approximate surface area is 196 Å². The Morgan fingerprint density at radius 1 is 1.00 bits per heavy atom. The van der Waals surface area contributed by atoms with Crippen molar-refractivity contribution in [2.45, 2.75) is 57.8 Å². The number of piperazine rings is 1. The minimum absolute atomic E-state index is 0.00462. The van der Waals surface area contributed by atoms with Crippen molar-refractivity contribution in [3.8, 4) is 5.75 Å². The van der Waals surface area contributed by atoms with E-state index in [0.29, 0.717) is 31.7 Å². The second-order valence-electron chi connectivity index (χ2n) is 9.72. The fraction of sp³-hybridized carbons (Fsp3) is 0.481. The number of rotatable bonds is 7. The Morgan fingerprint density at radius 3 is 2.36 bits per heavy atom. The molecule has 2 saturated heterocycles. The van der Waals surface area contributed by atoms with Crippen LogP contribution in [0.2, 0.25) is 0 Å². The van der Waals surface area contributed by atoms with Gasteiger partial charge in [-0.1, -0.05) is 56.3 Å². The van der Waals surface area contributed by atoms with Crippen molar-refractivity contribution in [3.05, 3.63) is 65.7 Å². The summed E-state index contributed by atoms with van der Waals surface area (Å²) >= 11 is 0. The summed E-state index contributed by atoms with van der Waals surface area (Å²) in [6.45, 7) is 6.99. The molecular weight excluding hydrogens is 414 g/mol. The van der Waals surface area contributed by atoms with Crippen LogP contribution in [0.15, 0.2) is 54.6 Å². The van der Waals surface area contributed by atoms with Crippen LogP contribution in [0, 0.1) is 5.92 Å². The summed E-state index contributed by atoms with van der Waals surface area (Å²) in [5.41, 5.74) is 1.44. The second-order valence-corrected chi connectivity index (χ2v) is 9.72. The molecule has 2 heterocycles. The number of ether oxygens (including phenoxy) is 1. The van der Waals surface area contributed by atoms with Crippen molar-refractivity contribution in [1.82, 2.24) is 15.1 Å². The molecule has 1 atom stereocenters. The summed E-state index contributed by atoms with van der Waals surface area (Å²) in [5.74, 6) is 1.10. The Morgan fingerprint density at radius 2 is 1.70 bits per heavy atom. The number of methoxy groups -OCH3 is 1. The van der Waals surface area contributed by atoms with E-state index in [1.54, 1.807) is 7.11 Å².